The molecule has 0 unspecified atom stereocenters. The van der Waals surface area contributed by atoms with E-state index in [1.807, 2.05) is 13.0 Å². The molecule has 0 fully saturated rings. The first-order valence-electron chi connectivity index (χ1n) is 6.86. The summed E-state index contributed by atoms with van der Waals surface area (Å²) in [5.41, 5.74) is 1.17. The van der Waals surface area contributed by atoms with E-state index in [9.17, 15) is 4.79 Å². The van der Waals surface area contributed by atoms with E-state index in [1.54, 1.807) is 35.4 Å². The molecule has 1 aromatic heterocycles. The number of nitrogens with zero attached hydrogens (tertiary/aromatic N) is 1. The fourth-order valence-corrected chi connectivity index (χ4v) is 2.17. The average molecular weight is 285 g/mol. The molecule has 2 aromatic rings. The second-order valence-corrected chi connectivity index (χ2v) is 4.53. The third kappa shape index (κ3) is 3.16. The van der Waals surface area contributed by atoms with Crippen molar-refractivity contribution >= 4 is 16.9 Å². The van der Waals surface area contributed by atoms with Gasteiger partial charge in [0.15, 0.2) is 0 Å². The van der Waals surface area contributed by atoms with Gasteiger partial charge in [-0.15, -0.1) is 13.2 Å². The monoisotopic (exact) mass is 285 g/mol. The summed E-state index contributed by atoms with van der Waals surface area (Å²) in [5, 5.41) is 0.868. The first-order valence-corrected chi connectivity index (χ1v) is 6.86. The number of amides is 1. The van der Waals surface area contributed by atoms with Gasteiger partial charge in [0.2, 0.25) is 0 Å². The lowest BCUT2D eigenvalue weighted by atomic mass is 10.1. The van der Waals surface area contributed by atoms with Gasteiger partial charge in [-0.05, 0) is 25.1 Å². The molecule has 0 atom stereocenters. The minimum Gasteiger partial charge on any atom is -0.493 e. The van der Waals surface area contributed by atoms with Crippen molar-refractivity contribution in [2.75, 3.05) is 19.7 Å². The second kappa shape index (κ2) is 6.79. The summed E-state index contributed by atoms with van der Waals surface area (Å²) in [5.74, 6) is 0.554. The molecule has 4 heteroatoms. The first-order chi connectivity index (χ1) is 10.2. The number of ether oxygens (including phenoxy) is 1. The zero-order valence-corrected chi connectivity index (χ0v) is 12.2. The van der Waals surface area contributed by atoms with Crippen molar-refractivity contribution in [3.8, 4) is 5.75 Å². The van der Waals surface area contributed by atoms with E-state index in [0.29, 0.717) is 36.6 Å². The molecular weight excluding hydrogens is 266 g/mol. The lowest BCUT2D eigenvalue weighted by molar-refractivity contribution is 0.0790. The normalized spacial score (nSPS) is 10.3. The predicted molar refractivity (Wildman–Crippen MR) is 83.7 cm³/mol. The molecule has 21 heavy (non-hydrogen) atoms. The first kappa shape index (κ1) is 14.9. The van der Waals surface area contributed by atoms with Crippen LogP contribution in [0.15, 0.2) is 54.2 Å². The maximum absolute atomic E-state index is 12.6. The molecule has 0 bridgehead atoms. The van der Waals surface area contributed by atoms with Gasteiger partial charge >= 0.3 is 0 Å². The SMILES string of the molecule is C=CCN(CC=C)C(=O)c1cc(OCC)c2ccoc2c1. The maximum Gasteiger partial charge on any atom is 0.254 e. The zero-order chi connectivity index (χ0) is 15.2. The fourth-order valence-electron chi connectivity index (χ4n) is 2.17. The third-order valence-electron chi connectivity index (χ3n) is 3.07. The van der Waals surface area contributed by atoms with Crippen LogP contribution >= 0.6 is 0 Å². The molecular formula is C17H19NO3. The van der Waals surface area contributed by atoms with Crippen molar-refractivity contribution in [2.45, 2.75) is 6.92 Å². The van der Waals surface area contributed by atoms with Crippen LogP contribution in [0.4, 0.5) is 0 Å². The lowest BCUT2D eigenvalue weighted by Gasteiger charge is -2.19. The van der Waals surface area contributed by atoms with Crippen LogP contribution in [0.1, 0.15) is 17.3 Å². The highest BCUT2D eigenvalue weighted by molar-refractivity contribution is 5.99. The van der Waals surface area contributed by atoms with Gasteiger partial charge in [-0.2, -0.15) is 0 Å². The molecule has 0 saturated carbocycles. The van der Waals surface area contributed by atoms with E-state index in [-0.39, 0.29) is 5.91 Å². The van der Waals surface area contributed by atoms with Crippen molar-refractivity contribution in [3.05, 3.63) is 55.3 Å². The van der Waals surface area contributed by atoms with Crippen molar-refractivity contribution in [1.82, 2.24) is 4.90 Å². The van der Waals surface area contributed by atoms with Crippen LogP contribution in [-0.4, -0.2) is 30.5 Å². The summed E-state index contributed by atoms with van der Waals surface area (Å²) in [6.07, 6.45) is 4.97. The lowest BCUT2D eigenvalue weighted by Crippen LogP contribution is -2.31. The number of furan rings is 1. The van der Waals surface area contributed by atoms with Gasteiger partial charge in [0.05, 0.1) is 18.3 Å². The molecule has 0 aliphatic rings. The molecule has 2 rings (SSSR count). The smallest absolute Gasteiger partial charge is 0.254 e. The van der Waals surface area contributed by atoms with Gasteiger partial charge in [0.1, 0.15) is 11.3 Å². The Bertz CT molecular complexity index is 647. The van der Waals surface area contributed by atoms with Gasteiger partial charge in [-0.1, -0.05) is 12.2 Å². The number of carbonyl (C=O) groups is 1. The van der Waals surface area contributed by atoms with Gasteiger partial charge in [-0.25, -0.2) is 0 Å². The van der Waals surface area contributed by atoms with Gasteiger partial charge in [0, 0.05) is 18.7 Å². The highest BCUT2D eigenvalue weighted by Crippen LogP contribution is 2.29. The van der Waals surface area contributed by atoms with Crippen molar-refractivity contribution in [2.24, 2.45) is 0 Å². The van der Waals surface area contributed by atoms with Gasteiger partial charge in [-0.3, -0.25) is 4.79 Å². The Balaban J connectivity index is 2.41. The Hall–Kier alpha value is -2.49. The number of rotatable bonds is 7. The molecule has 0 radical (unpaired) electrons. The van der Waals surface area contributed by atoms with Gasteiger partial charge in [0.25, 0.3) is 5.91 Å². The molecule has 0 aliphatic heterocycles. The molecule has 1 amide bonds. The van der Waals surface area contributed by atoms with Crippen LogP contribution < -0.4 is 4.74 Å². The number of fused-ring (bicyclic) bond motifs is 1. The molecule has 0 aliphatic carbocycles. The van der Waals surface area contributed by atoms with Crippen LogP contribution in [0, 0.1) is 0 Å². The summed E-state index contributed by atoms with van der Waals surface area (Å²) < 4.78 is 11.0. The maximum atomic E-state index is 12.6. The largest absolute Gasteiger partial charge is 0.493 e. The highest BCUT2D eigenvalue weighted by atomic mass is 16.5. The minimum atomic E-state index is -0.103. The summed E-state index contributed by atoms with van der Waals surface area (Å²) in [6.45, 7) is 10.7. The topological polar surface area (TPSA) is 42.7 Å². The van der Waals surface area contributed by atoms with E-state index in [4.69, 9.17) is 9.15 Å². The third-order valence-corrected chi connectivity index (χ3v) is 3.07. The predicted octanol–water partition coefficient (Wildman–Crippen LogP) is 3.65. The Kier molecular flexibility index (Phi) is 4.82. The van der Waals surface area contributed by atoms with Crippen LogP contribution in [0.3, 0.4) is 0 Å². The highest BCUT2D eigenvalue weighted by Gasteiger charge is 2.17. The van der Waals surface area contributed by atoms with E-state index in [2.05, 4.69) is 13.2 Å². The summed E-state index contributed by atoms with van der Waals surface area (Å²) in [7, 11) is 0. The van der Waals surface area contributed by atoms with Crippen molar-refractivity contribution < 1.29 is 13.9 Å². The second-order valence-electron chi connectivity index (χ2n) is 4.53. The summed E-state index contributed by atoms with van der Waals surface area (Å²) >= 11 is 0. The van der Waals surface area contributed by atoms with Crippen molar-refractivity contribution in [1.29, 1.82) is 0 Å². The quantitative estimate of drug-likeness (QED) is 0.729. The minimum absolute atomic E-state index is 0.103. The Morgan fingerprint density at radius 1 is 1.33 bits per heavy atom. The molecule has 1 heterocycles. The standard InChI is InChI=1S/C17H19NO3/c1-4-8-18(9-5-2)17(19)13-11-15(20-6-3)14-7-10-21-16(14)12-13/h4-5,7,10-12H,1-2,6,8-9H2,3H3. The van der Waals surface area contributed by atoms with Crippen LogP contribution in [0.5, 0.6) is 5.75 Å². The summed E-state index contributed by atoms with van der Waals surface area (Å²) in [6, 6.07) is 5.32. The number of hydrogen-bond acceptors (Lipinski definition) is 3. The molecule has 4 nitrogen and oxygen atoms in total. The molecule has 0 saturated heterocycles. The van der Waals surface area contributed by atoms with E-state index < -0.39 is 0 Å². The van der Waals surface area contributed by atoms with Crippen LogP contribution in [0.2, 0.25) is 0 Å². The van der Waals surface area contributed by atoms with E-state index in [0.717, 1.165) is 5.39 Å². The molecule has 0 N–H and O–H groups in total. The average Bonchev–Trinajstić information content (AvgIpc) is 2.95. The number of benzene rings is 1. The molecule has 1 aromatic carbocycles. The number of hydrogen-bond donors (Lipinski definition) is 0. The Morgan fingerprint density at radius 3 is 2.67 bits per heavy atom. The Labute approximate surface area is 124 Å². The van der Waals surface area contributed by atoms with E-state index >= 15 is 0 Å². The zero-order valence-electron chi connectivity index (χ0n) is 12.2. The van der Waals surface area contributed by atoms with Gasteiger partial charge < -0.3 is 14.1 Å². The van der Waals surface area contributed by atoms with Crippen molar-refractivity contribution in [3.63, 3.8) is 0 Å². The van der Waals surface area contributed by atoms with Crippen LogP contribution in [-0.2, 0) is 0 Å². The molecule has 0 spiro atoms. The van der Waals surface area contributed by atoms with Crippen LogP contribution in [0.25, 0.3) is 11.0 Å². The summed E-state index contributed by atoms with van der Waals surface area (Å²) in [4.78, 5) is 14.2. The molecule has 110 valence electrons. The fraction of sp³-hybridized carbons (Fsp3) is 0.235. The number of carbonyl (C=O) groups excluding carboxylic acids is 1. The van der Waals surface area contributed by atoms with E-state index in [1.165, 1.54) is 0 Å². The Morgan fingerprint density at radius 2 is 2.05 bits per heavy atom.